The van der Waals surface area contributed by atoms with Gasteiger partial charge in [-0.3, -0.25) is 10.1 Å². The van der Waals surface area contributed by atoms with E-state index in [2.05, 4.69) is 15.9 Å². The Hall–Kier alpha value is -0.590. The van der Waals surface area contributed by atoms with Gasteiger partial charge in [-0.2, -0.15) is 0 Å². The summed E-state index contributed by atoms with van der Waals surface area (Å²) in [6.07, 6.45) is 0. The Kier molecular flexibility index (Phi) is 5.79. The van der Waals surface area contributed by atoms with E-state index < -0.39 is 0 Å². The summed E-state index contributed by atoms with van der Waals surface area (Å²) in [5.41, 5.74) is 6.38. The highest BCUT2D eigenvalue weighted by Crippen LogP contribution is 2.29. The molecule has 88 valence electrons. The van der Waals surface area contributed by atoms with E-state index in [-0.39, 0.29) is 16.7 Å². The second-order valence-electron chi connectivity index (χ2n) is 3.21. The van der Waals surface area contributed by atoms with Crippen LogP contribution in [-0.4, -0.2) is 23.8 Å². The van der Waals surface area contributed by atoms with E-state index in [9.17, 15) is 10.1 Å². The summed E-state index contributed by atoms with van der Waals surface area (Å²) < 4.78 is 0.972. The van der Waals surface area contributed by atoms with Gasteiger partial charge < -0.3 is 5.73 Å². The third-order valence-corrected chi connectivity index (χ3v) is 3.82. The van der Waals surface area contributed by atoms with E-state index in [1.165, 1.54) is 11.8 Å². The molecule has 6 heteroatoms. The van der Waals surface area contributed by atoms with Gasteiger partial charge in [-0.1, -0.05) is 28.1 Å². The molecule has 0 aromatic heterocycles. The lowest BCUT2D eigenvalue weighted by Crippen LogP contribution is -2.12. The van der Waals surface area contributed by atoms with Crippen LogP contribution < -0.4 is 5.73 Å². The first-order valence-corrected chi connectivity index (χ1v) is 6.66. The maximum atomic E-state index is 10.6. The number of halogens is 1. The molecule has 0 aliphatic carbocycles. The van der Waals surface area contributed by atoms with E-state index >= 15 is 0 Å². The molecule has 0 saturated heterocycles. The number of hydrogen-bond acceptors (Lipinski definition) is 4. The maximum Gasteiger partial charge on any atom is 0.219 e. The smallest absolute Gasteiger partial charge is 0.219 e. The van der Waals surface area contributed by atoms with E-state index in [0.717, 1.165) is 15.8 Å². The fourth-order valence-corrected chi connectivity index (χ4v) is 2.54. The number of nitrogens with zero attached hydrogens (tertiary/aromatic N) is 1. The van der Waals surface area contributed by atoms with Gasteiger partial charge in [-0.05, 0) is 17.7 Å². The highest BCUT2D eigenvalue weighted by atomic mass is 79.9. The molecule has 2 N–H and O–H groups in total. The van der Waals surface area contributed by atoms with Crippen LogP contribution in [0.5, 0.6) is 0 Å². The van der Waals surface area contributed by atoms with Gasteiger partial charge >= 0.3 is 0 Å². The van der Waals surface area contributed by atoms with Crippen LogP contribution in [-0.2, 0) is 0 Å². The van der Waals surface area contributed by atoms with Crippen LogP contribution >= 0.6 is 27.7 Å². The van der Waals surface area contributed by atoms with E-state index in [1.54, 1.807) is 0 Å². The second-order valence-corrected chi connectivity index (χ2v) is 5.44. The Morgan fingerprint density at radius 1 is 1.44 bits per heavy atom. The molecule has 0 spiro atoms. The van der Waals surface area contributed by atoms with Gasteiger partial charge in [-0.25, -0.2) is 0 Å². The van der Waals surface area contributed by atoms with Crippen molar-refractivity contribution in [3.05, 3.63) is 44.4 Å². The predicted octanol–water partition coefficient (Wildman–Crippen LogP) is 2.46. The van der Waals surface area contributed by atoms with Crippen molar-refractivity contribution in [3.63, 3.8) is 0 Å². The number of hydrogen-bond donors (Lipinski definition) is 1. The third kappa shape index (κ3) is 4.51. The molecule has 1 aromatic carbocycles. The molecule has 0 heterocycles. The summed E-state index contributed by atoms with van der Waals surface area (Å²) in [5, 5.41) is 10.4. The number of nitro groups is 1. The zero-order valence-corrected chi connectivity index (χ0v) is 11.0. The molecule has 0 saturated carbocycles. The SMILES string of the molecule is NCCSC(C[N+](=O)[O-])c1ccc(Br)cc1. The fourth-order valence-electron chi connectivity index (χ4n) is 1.28. The van der Waals surface area contributed by atoms with Crippen molar-refractivity contribution in [2.24, 2.45) is 5.73 Å². The van der Waals surface area contributed by atoms with Gasteiger partial charge in [0.1, 0.15) is 0 Å². The Bertz CT molecular complexity index is 345. The molecular formula is C10H13BrN2O2S. The van der Waals surface area contributed by atoms with Crippen molar-refractivity contribution in [2.45, 2.75) is 5.25 Å². The van der Waals surface area contributed by atoms with Gasteiger partial charge in [0, 0.05) is 21.7 Å². The van der Waals surface area contributed by atoms with Crippen LogP contribution in [0.15, 0.2) is 28.7 Å². The van der Waals surface area contributed by atoms with Gasteiger partial charge in [0.15, 0.2) is 0 Å². The van der Waals surface area contributed by atoms with Crippen LogP contribution in [0, 0.1) is 10.1 Å². The Morgan fingerprint density at radius 2 is 2.06 bits per heavy atom. The molecule has 4 nitrogen and oxygen atoms in total. The summed E-state index contributed by atoms with van der Waals surface area (Å²) in [7, 11) is 0. The first kappa shape index (κ1) is 13.5. The molecule has 1 rings (SSSR count). The minimum Gasteiger partial charge on any atom is -0.330 e. The third-order valence-electron chi connectivity index (χ3n) is 1.99. The molecule has 0 radical (unpaired) electrons. The van der Waals surface area contributed by atoms with Crippen molar-refractivity contribution in [1.29, 1.82) is 0 Å². The van der Waals surface area contributed by atoms with E-state index in [1.807, 2.05) is 24.3 Å². The highest BCUT2D eigenvalue weighted by molar-refractivity contribution is 9.10. The molecule has 0 amide bonds. The van der Waals surface area contributed by atoms with Gasteiger partial charge in [0.25, 0.3) is 0 Å². The lowest BCUT2D eigenvalue weighted by atomic mass is 10.1. The average molecular weight is 305 g/mol. The molecule has 0 fully saturated rings. The molecular weight excluding hydrogens is 292 g/mol. The largest absolute Gasteiger partial charge is 0.330 e. The van der Waals surface area contributed by atoms with E-state index in [4.69, 9.17) is 5.73 Å². The number of benzene rings is 1. The molecule has 1 unspecified atom stereocenters. The van der Waals surface area contributed by atoms with E-state index in [0.29, 0.717) is 6.54 Å². The summed E-state index contributed by atoms with van der Waals surface area (Å²) >= 11 is 4.86. The van der Waals surface area contributed by atoms with Crippen LogP contribution in [0.3, 0.4) is 0 Å². The molecule has 1 atom stereocenters. The van der Waals surface area contributed by atoms with Crippen LogP contribution in [0.4, 0.5) is 0 Å². The van der Waals surface area contributed by atoms with Crippen molar-refractivity contribution < 1.29 is 4.92 Å². The first-order chi connectivity index (χ1) is 7.63. The molecule has 0 aliphatic heterocycles. The Labute approximate surface area is 107 Å². The second kappa shape index (κ2) is 6.88. The topological polar surface area (TPSA) is 69.2 Å². The summed E-state index contributed by atoms with van der Waals surface area (Å²) in [5.74, 6) is 0.731. The lowest BCUT2D eigenvalue weighted by Gasteiger charge is -2.12. The quantitative estimate of drug-likeness (QED) is 0.647. The van der Waals surface area contributed by atoms with Gasteiger partial charge in [0.05, 0.1) is 5.25 Å². The zero-order valence-electron chi connectivity index (χ0n) is 8.64. The van der Waals surface area contributed by atoms with Crippen LogP contribution in [0.25, 0.3) is 0 Å². The van der Waals surface area contributed by atoms with Gasteiger partial charge in [-0.15, -0.1) is 11.8 Å². The fraction of sp³-hybridized carbons (Fsp3) is 0.400. The van der Waals surface area contributed by atoms with Crippen molar-refractivity contribution >= 4 is 27.7 Å². The standard InChI is InChI=1S/C10H13BrN2O2S/c11-9-3-1-8(2-4-9)10(7-13(14)15)16-6-5-12/h1-4,10H,5-7,12H2. The normalized spacial score (nSPS) is 12.4. The number of nitrogens with two attached hydrogens (primary N) is 1. The highest BCUT2D eigenvalue weighted by Gasteiger charge is 2.17. The molecule has 1 aromatic rings. The van der Waals surface area contributed by atoms with Gasteiger partial charge in [0.2, 0.25) is 6.54 Å². The first-order valence-electron chi connectivity index (χ1n) is 4.82. The monoisotopic (exact) mass is 304 g/mol. The van der Waals surface area contributed by atoms with Crippen LogP contribution in [0.2, 0.25) is 0 Å². The zero-order chi connectivity index (χ0) is 12.0. The number of rotatable bonds is 6. The molecule has 0 aliphatic rings. The minimum atomic E-state index is -0.282. The number of thioether (sulfide) groups is 1. The molecule has 16 heavy (non-hydrogen) atoms. The van der Waals surface area contributed by atoms with Crippen LogP contribution in [0.1, 0.15) is 10.8 Å². The Balaban J connectivity index is 2.74. The van der Waals surface area contributed by atoms with Crippen molar-refractivity contribution in [3.8, 4) is 0 Å². The molecule has 0 bridgehead atoms. The summed E-state index contributed by atoms with van der Waals surface area (Å²) in [4.78, 5) is 10.3. The minimum absolute atomic E-state index is 0.0632. The van der Waals surface area contributed by atoms with Crippen molar-refractivity contribution in [1.82, 2.24) is 0 Å². The summed E-state index contributed by atoms with van der Waals surface area (Å²) in [6, 6.07) is 7.60. The maximum absolute atomic E-state index is 10.6. The predicted molar refractivity (Wildman–Crippen MR) is 70.3 cm³/mol. The summed E-state index contributed by atoms with van der Waals surface area (Å²) in [6.45, 7) is 0.474. The van der Waals surface area contributed by atoms with Crippen molar-refractivity contribution in [2.75, 3.05) is 18.8 Å². The lowest BCUT2D eigenvalue weighted by molar-refractivity contribution is -0.479. The Morgan fingerprint density at radius 3 is 2.56 bits per heavy atom. The average Bonchev–Trinajstić information content (AvgIpc) is 2.25.